The monoisotopic (exact) mass is 259 g/mol. The summed E-state index contributed by atoms with van der Waals surface area (Å²) in [5.74, 6) is 1.80. The number of aromatic amines is 1. The van der Waals surface area contributed by atoms with Crippen molar-refractivity contribution in [2.75, 3.05) is 7.11 Å². The van der Waals surface area contributed by atoms with Crippen LogP contribution in [0.2, 0.25) is 0 Å². The number of methoxy groups -OCH3 is 1. The molecule has 0 aliphatic heterocycles. The van der Waals surface area contributed by atoms with Crippen LogP contribution >= 0.6 is 0 Å². The number of aromatic nitrogens is 3. The molecule has 1 aromatic heterocycles. The maximum Gasteiger partial charge on any atom is 0.348 e. The predicted octanol–water partition coefficient (Wildman–Crippen LogP) is 2.14. The molecule has 0 unspecified atom stereocenters. The molecule has 0 saturated heterocycles. The molecule has 0 fully saturated rings. The molecule has 19 heavy (non-hydrogen) atoms. The Labute approximate surface area is 111 Å². The van der Waals surface area contributed by atoms with Gasteiger partial charge in [0.2, 0.25) is 0 Å². The van der Waals surface area contributed by atoms with Gasteiger partial charge in [-0.3, -0.25) is 4.98 Å². The molecule has 0 spiro atoms. The lowest BCUT2D eigenvalue weighted by molar-refractivity contribution is 0.415. The van der Waals surface area contributed by atoms with Crippen LogP contribution in [0.1, 0.15) is 26.6 Å². The maximum atomic E-state index is 11.6. The second kappa shape index (κ2) is 4.84. The smallest absolute Gasteiger partial charge is 0.348 e. The highest BCUT2D eigenvalue weighted by atomic mass is 16.5. The molecule has 2 rings (SSSR count). The molecule has 1 N–H and O–H groups in total. The predicted molar refractivity (Wildman–Crippen MR) is 73.3 cm³/mol. The first-order chi connectivity index (χ1) is 8.90. The van der Waals surface area contributed by atoms with Crippen molar-refractivity contribution in [1.82, 2.24) is 15.0 Å². The van der Waals surface area contributed by atoms with Crippen molar-refractivity contribution >= 4 is 0 Å². The average Bonchev–Trinajstić information content (AvgIpc) is 2.37. The minimum Gasteiger partial charge on any atom is -0.497 e. The van der Waals surface area contributed by atoms with E-state index in [0.717, 1.165) is 11.3 Å². The lowest BCUT2D eigenvalue weighted by Crippen LogP contribution is -2.24. The molecule has 1 heterocycles. The Hall–Kier alpha value is -2.17. The van der Waals surface area contributed by atoms with E-state index in [1.54, 1.807) is 7.11 Å². The Bertz CT molecular complexity index is 624. The summed E-state index contributed by atoms with van der Waals surface area (Å²) < 4.78 is 5.10. The van der Waals surface area contributed by atoms with Crippen LogP contribution in [0.5, 0.6) is 5.75 Å². The van der Waals surface area contributed by atoms with E-state index in [9.17, 15) is 4.79 Å². The summed E-state index contributed by atoms with van der Waals surface area (Å²) in [5.41, 5.74) is 0.173. The molecule has 2 aromatic rings. The fourth-order valence-electron chi connectivity index (χ4n) is 1.61. The first-order valence-electron chi connectivity index (χ1n) is 6.03. The molecular formula is C14H17N3O2. The van der Waals surface area contributed by atoms with Crippen molar-refractivity contribution in [1.29, 1.82) is 0 Å². The molecule has 0 bridgehead atoms. The lowest BCUT2D eigenvalue weighted by atomic mass is 9.96. The normalized spacial score (nSPS) is 11.4. The van der Waals surface area contributed by atoms with Gasteiger partial charge in [-0.05, 0) is 24.3 Å². The maximum absolute atomic E-state index is 11.6. The van der Waals surface area contributed by atoms with E-state index in [0.29, 0.717) is 11.6 Å². The molecule has 0 amide bonds. The highest BCUT2D eigenvalue weighted by Gasteiger charge is 2.18. The average molecular weight is 259 g/mol. The van der Waals surface area contributed by atoms with Crippen molar-refractivity contribution in [2.45, 2.75) is 26.2 Å². The van der Waals surface area contributed by atoms with Gasteiger partial charge in [0.15, 0.2) is 5.82 Å². The summed E-state index contributed by atoms with van der Waals surface area (Å²) in [6.07, 6.45) is 0. The summed E-state index contributed by atoms with van der Waals surface area (Å²) in [6, 6.07) is 7.30. The van der Waals surface area contributed by atoms with Crippen LogP contribution in [0.25, 0.3) is 11.4 Å². The summed E-state index contributed by atoms with van der Waals surface area (Å²) in [5, 5.41) is 0. The largest absolute Gasteiger partial charge is 0.497 e. The third kappa shape index (κ3) is 2.99. The van der Waals surface area contributed by atoms with Crippen LogP contribution in [-0.2, 0) is 5.41 Å². The van der Waals surface area contributed by atoms with Crippen molar-refractivity contribution < 1.29 is 4.74 Å². The number of benzene rings is 1. The highest BCUT2D eigenvalue weighted by Crippen LogP contribution is 2.21. The van der Waals surface area contributed by atoms with Gasteiger partial charge in [-0.25, -0.2) is 9.78 Å². The molecule has 0 aliphatic rings. The Kier molecular flexibility index (Phi) is 3.38. The molecule has 1 aromatic carbocycles. The minimum absolute atomic E-state index is 0.233. The van der Waals surface area contributed by atoms with E-state index in [-0.39, 0.29) is 11.1 Å². The number of hydrogen-bond acceptors (Lipinski definition) is 4. The van der Waals surface area contributed by atoms with E-state index in [1.807, 2.05) is 45.0 Å². The standard InChI is InChI=1S/C14H17N3O2/c1-14(2,3)12-15-11(16-13(18)17-12)9-5-7-10(19-4)8-6-9/h5-8H,1-4H3,(H,15,16,17,18). The fraction of sp³-hybridized carbons (Fsp3) is 0.357. The molecule has 5 heteroatoms. The zero-order chi connectivity index (χ0) is 14.0. The first-order valence-corrected chi connectivity index (χ1v) is 6.03. The van der Waals surface area contributed by atoms with Gasteiger partial charge in [0.25, 0.3) is 0 Å². The van der Waals surface area contributed by atoms with Crippen LogP contribution in [0.3, 0.4) is 0 Å². The van der Waals surface area contributed by atoms with Gasteiger partial charge < -0.3 is 4.74 Å². The van der Waals surface area contributed by atoms with Crippen molar-refractivity contribution in [3.8, 4) is 17.1 Å². The third-order valence-electron chi connectivity index (χ3n) is 2.71. The highest BCUT2D eigenvalue weighted by molar-refractivity contribution is 5.55. The number of ether oxygens (including phenoxy) is 1. The van der Waals surface area contributed by atoms with Crippen molar-refractivity contribution in [3.63, 3.8) is 0 Å². The van der Waals surface area contributed by atoms with E-state index in [1.165, 1.54) is 0 Å². The quantitative estimate of drug-likeness (QED) is 0.897. The molecule has 0 aliphatic carbocycles. The molecule has 0 atom stereocenters. The fourth-order valence-corrected chi connectivity index (χ4v) is 1.61. The van der Waals surface area contributed by atoms with Crippen LogP contribution in [0, 0.1) is 0 Å². The van der Waals surface area contributed by atoms with E-state index in [2.05, 4.69) is 15.0 Å². The van der Waals surface area contributed by atoms with Gasteiger partial charge in [0.05, 0.1) is 7.11 Å². The third-order valence-corrected chi connectivity index (χ3v) is 2.71. The Morgan fingerprint density at radius 2 is 1.74 bits per heavy atom. The van der Waals surface area contributed by atoms with Crippen LogP contribution < -0.4 is 10.4 Å². The molecule has 0 saturated carbocycles. The van der Waals surface area contributed by atoms with Crippen LogP contribution in [0.15, 0.2) is 29.1 Å². The molecule has 100 valence electrons. The number of H-pyrrole nitrogens is 1. The number of hydrogen-bond donors (Lipinski definition) is 1. The van der Waals surface area contributed by atoms with E-state index in [4.69, 9.17) is 4.74 Å². The van der Waals surface area contributed by atoms with E-state index >= 15 is 0 Å². The Balaban J connectivity index is 2.49. The second-order valence-corrected chi connectivity index (χ2v) is 5.30. The van der Waals surface area contributed by atoms with Gasteiger partial charge in [-0.2, -0.15) is 4.98 Å². The lowest BCUT2D eigenvalue weighted by Gasteiger charge is -2.17. The summed E-state index contributed by atoms with van der Waals surface area (Å²) in [6.45, 7) is 5.97. The summed E-state index contributed by atoms with van der Waals surface area (Å²) >= 11 is 0. The summed E-state index contributed by atoms with van der Waals surface area (Å²) in [4.78, 5) is 22.6. The zero-order valence-corrected chi connectivity index (χ0v) is 11.5. The molecule has 5 nitrogen and oxygen atoms in total. The molecular weight excluding hydrogens is 242 g/mol. The van der Waals surface area contributed by atoms with Crippen LogP contribution in [-0.4, -0.2) is 22.1 Å². The Morgan fingerprint density at radius 1 is 1.11 bits per heavy atom. The number of nitrogens with one attached hydrogen (secondary N) is 1. The topological polar surface area (TPSA) is 67.9 Å². The zero-order valence-electron chi connectivity index (χ0n) is 11.5. The van der Waals surface area contributed by atoms with Crippen molar-refractivity contribution in [3.05, 3.63) is 40.6 Å². The first kappa shape index (κ1) is 13.3. The molecule has 0 radical (unpaired) electrons. The van der Waals surface area contributed by atoms with E-state index < -0.39 is 0 Å². The van der Waals surface area contributed by atoms with Gasteiger partial charge in [0.1, 0.15) is 11.6 Å². The van der Waals surface area contributed by atoms with Crippen LogP contribution in [0.4, 0.5) is 0 Å². The second-order valence-electron chi connectivity index (χ2n) is 5.30. The number of nitrogens with zero attached hydrogens (tertiary/aromatic N) is 2. The minimum atomic E-state index is -0.384. The SMILES string of the molecule is COc1ccc(-c2nc(C(C)(C)C)[nH]c(=O)n2)cc1. The van der Waals surface area contributed by atoms with Gasteiger partial charge in [-0.1, -0.05) is 20.8 Å². The van der Waals surface area contributed by atoms with Gasteiger partial charge in [-0.15, -0.1) is 0 Å². The number of rotatable bonds is 2. The van der Waals surface area contributed by atoms with Gasteiger partial charge in [0, 0.05) is 11.0 Å². The Morgan fingerprint density at radius 3 is 2.26 bits per heavy atom. The van der Waals surface area contributed by atoms with Gasteiger partial charge >= 0.3 is 5.69 Å². The van der Waals surface area contributed by atoms with Crippen molar-refractivity contribution in [2.24, 2.45) is 0 Å². The summed E-state index contributed by atoms with van der Waals surface area (Å²) in [7, 11) is 1.61.